The average Bonchev–Trinajstić information content (AvgIpc) is 3.11. The Morgan fingerprint density at radius 3 is 2.67 bits per heavy atom. The van der Waals surface area contributed by atoms with Crippen molar-refractivity contribution in [1.29, 1.82) is 0 Å². The molecule has 2 heterocycles. The van der Waals surface area contributed by atoms with E-state index in [1.54, 1.807) is 0 Å². The molecule has 7 heteroatoms. The Hall–Kier alpha value is -0.730. The predicted octanol–water partition coefficient (Wildman–Crippen LogP) is 3.39. The number of halogens is 2. The van der Waals surface area contributed by atoms with Gasteiger partial charge in [0.25, 0.3) is 0 Å². The zero-order valence-corrected chi connectivity index (χ0v) is 19.6. The van der Waals surface area contributed by atoms with E-state index in [2.05, 4.69) is 38.0 Å². The second-order valence-corrected chi connectivity index (χ2v) is 7.77. The summed E-state index contributed by atoms with van der Waals surface area (Å²) in [5.41, 5.74) is 1.21. The number of hydrogen-bond donors (Lipinski definition) is 1. The van der Waals surface area contributed by atoms with E-state index in [1.807, 2.05) is 25.2 Å². The molecule has 2 saturated heterocycles. The van der Waals surface area contributed by atoms with Gasteiger partial charge in [0.1, 0.15) is 0 Å². The number of nitrogens with one attached hydrogen (secondary N) is 1. The molecule has 0 aliphatic carbocycles. The molecule has 152 valence electrons. The van der Waals surface area contributed by atoms with Gasteiger partial charge in [0.15, 0.2) is 5.96 Å². The summed E-state index contributed by atoms with van der Waals surface area (Å²) >= 11 is 6.13. The van der Waals surface area contributed by atoms with Gasteiger partial charge in [0, 0.05) is 57.0 Å². The number of hydrogen-bond acceptors (Lipinski definition) is 3. The molecule has 0 saturated carbocycles. The van der Waals surface area contributed by atoms with Crippen LogP contribution >= 0.6 is 35.6 Å². The van der Waals surface area contributed by atoms with E-state index in [0.29, 0.717) is 0 Å². The van der Waals surface area contributed by atoms with Crippen molar-refractivity contribution in [2.45, 2.75) is 19.8 Å². The highest BCUT2D eigenvalue weighted by Gasteiger charge is 2.24. The normalized spacial score (nSPS) is 21.3. The van der Waals surface area contributed by atoms with Crippen molar-refractivity contribution in [3.63, 3.8) is 0 Å². The molecule has 1 aromatic rings. The van der Waals surface area contributed by atoms with Gasteiger partial charge < -0.3 is 20.0 Å². The van der Waals surface area contributed by atoms with Gasteiger partial charge in [0.05, 0.1) is 0 Å². The molecule has 0 bridgehead atoms. The maximum Gasteiger partial charge on any atom is 0.193 e. The Morgan fingerprint density at radius 2 is 2.00 bits per heavy atom. The Bertz CT molecular complexity index is 604. The highest BCUT2D eigenvalue weighted by molar-refractivity contribution is 14.0. The first-order chi connectivity index (χ1) is 12.7. The van der Waals surface area contributed by atoms with E-state index in [-0.39, 0.29) is 24.0 Å². The largest absolute Gasteiger partial charge is 0.368 e. The summed E-state index contributed by atoms with van der Waals surface area (Å²) in [6.07, 6.45) is 2.55. The molecule has 1 aromatic carbocycles. The fourth-order valence-electron chi connectivity index (χ4n) is 4.02. The molecular formula is C20H33ClIN5. The summed E-state index contributed by atoms with van der Waals surface area (Å²) in [5.74, 6) is 1.79. The minimum Gasteiger partial charge on any atom is -0.368 e. The van der Waals surface area contributed by atoms with Crippen LogP contribution in [0, 0.1) is 5.92 Å². The molecule has 0 amide bonds. The Morgan fingerprint density at radius 1 is 1.22 bits per heavy atom. The molecule has 0 radical (unpaired) electrons. The van der Waals surface area contributed by atoms with Gasteiger partial charge in [-0.1, -0.05) is 24.6 Å². The number of likely N-dealkylation sites (tertiary alicyclic amines) is 1. The van der Waals surface area contributed by atoms with E-state index in [9.17, 15) is 0 Å². The van der Waals surface area contributed by atoms with Crippen LogP contribution in [0.4, 0.5) is 5.69 Å². The van der Waals surface area contributed by atoms with Gasteiger partial charge >= 0.3 is 0 Å². The fourth-order valence-corrected chi connectivity index (χ4v) is 4.20. The standard InChI is InChI=1S/C20H32ClN5.HI/c1-3-8-24-9-7-17(16-24)15-23-20(22-2)26-12-10-25(11-13-26)19-6-4-5-18(21)14-19;/h4-6,14,17H,3,7-13,15-16H2,1-2H3,(H,22,23);1H. The van der Waals surface area contributed by atoms with E-state index < -0.39 is 0 Å². The molecule has 0 aromatic heterocycles. The fraction of sp³-hybridized carbons (Fsp3) is 0.650. The number of nitrogens with zero attached hydrogens (tertiary/aromatic N) is 4. The summed E-state index contributed by atoms with van der Waals surface area (Å²) in [6.45, 7) is 11.0. The predicted molar refractivity (Wildman–Crippen MR) is 127 cm³/mol. The zero-order chi connectivity index (χ0) is 18.4. The molecule has 1 unspecified atom stereocenters. The maximum atomic E-state index is 6.13. The van der Waals surface area contributed by atoms with Crippen molar-refractivity contribution in [2.75, 3.05) is 64.3 Å². The van der Waals surface area contributed by atoms with Crippen molar-refractivity contribution in [3.8, 4) is 0 Å². The van der Waals surface area contributed by atoms with Crippen LogP contribution in [-0.2, 0) is 0 Å². The van der Waals surface area contributed by atoms with Crippen molar-refractivity contribution in [2.24, 2.45) is 10.9 Å². The van der Waals surface area contributed by atoms with Gasteiger partial charge in [-0.2, -0.15) is 0 Å². The highest BCUT2D eigenvalue weighted by Crippen LogP contribution is 2.21. The first-order valence-corrected chi connectivity index (χ1v) is 10.3. The topological polar surface area (TPSA) is 34.1 Å². The second kappa shape index (κ2) is 11.3. The van der Waals surface area contributed by atoms with Crippen LogP contribution in [0.5, 0.6) is 0 Å². The van der Waals surface area contributed by atoms with E-state index in [0.717, 1.165) is 49.6 Å². The van der Waals surface area contributed by atoms with Crippen LogP contribution in [0.1, 0.15) is 19.8 Å². The van der Waals surface area contributed by atoms with Crippen LogP contribution in [-0.4, -0.2) is 75.2 Å². The lowest BCUT2D eigenvalue weighted by atomic mass is 10.1. The van der Waals surface area contributed by atoms with Crippen LogP contribution in [0.3, 0.4) is 0 Å². The molecule has 2 aliphatic rings. The van der Waals surface area contributed by atoms with Crippen LogP contribution in [0.2, 0.25) is 5.02 Å². The number of aliphatic imine (C=N–C) groups is 1. The highest BCUT2D eigenvalue weighted by atomic mass is 127. The zero-order valence-electron chi connectivity index (χ0n) is 16.5. The summed E-state index contributed by atoms with van der Waals surface area (Å²) < 4.78 is 0. The Kier molecular flexibility index (Phi) is 9.45. The Balaban J connectivity index is 0.00000261. The minimum absolute atomic E-state index is 0. The molecule has 2 aliphatic heterocycles. The number of benzene rings is 1. The summed E-state index contributed by atoms with van der Waals surface area (Å²) in [7, 11) is 1.89. The number of piperazine rings is 1. The van der Waals surface area contributed by atoms with Crippen molar-refractivity contribution in [3.05, 3.63) is 29.3 Å². The molecule has 3 rings (SSSR count). The second-order valence-electron chi connectivity index (χ2n) is 7.34. The molecule has 1 atom stereocenters. The van der Waals surface area contributed by atoms with E-state index in [1.165, 1.54) is 38.2 Å². The molecular weight excluding hydrogens is 473 g/mol. The average molecular weight is 506 g/mol. The number of anilines is 1. The first kappa shape index (κ1) is 22.6. The monoisotopic (exact) mass is 505 g/mol. The first-order valence-electron chi connectivity index (χ1n) is 9.88. The van der Waals surface area contributed by atoms with Crippen LogP contribution in [0.25, 0.3) is 0 Å². The van der Waals surface area contributed by atoms with Gasteiger partial charge in [0.2, 0.25) is 0 Å². The molecule has 27 heavy (non-hydrogen) atoms. The maximum absolute atomic E-state index is 6.13. The Labute approximate surface area is 186 Å². The third-order valence-electron chi connectivity index (χ3n) is 5.42. The number of guanidine groups is 1. The lowest BCUT2D eigenvalue weighted by Crippen LogP contribution is -2.53. The molecule has 0 spiro atoms. The third-order valence-corrected chi connectivity index (χ3v) is 5.66. The van der Waals surface area contributed by atoms with E-state index >= 15 is 0 Å². The lowest BCUT2D eigenvalue weighted by molar-refractivity contribution is 0.322. The van der Waals surface area contributed by atoms with Gasteiger partial charge in [-0.3, -0.25) is 4.99 Å². The van der Waals surface area contributed by atoms with Crippen LogP contribution in [0.15, 0.2) is 29.3 Å². The SMILES string of the molecule is CCCN1CCC(CNC(=NC)N2CCN(c3cccc(Cl)c3)CC2)C1.I. The van der Waals surface area contributed by atoms with Gasteiger partial charge in [-0.25, -0.2) is 0 Å². The summed E-state index contributed by atoms with van der Waals surface area (Å²) in [6, 6.07) is 8.13. The lowest BCUT2D eigenvalue weighted by Gasteiger charge is -2.38. The summed E-state index contributed by atoms with van der Waals surface area (Å²) in [4.78, 5) is 11.9. The smallest absolute Gasteiger partial charge is 0.193 e. The third kappa shape index (κ3) is 6.39. The minimum atomic E-state index is 0. The van der Waals surface area contributed by atoms with Gasteiger partial charge in [-0.15, -0.1) is 24.0 Å². The quantitative estimate of drug-likeness (QED) is 0.378. The molecule has 2 fully saturated rings. The van der Waals surface area contributed by atoms with Crippen molar-refractivity contribution < 1.29 is 0 Å². The van der Waals surface area contributed by atoms with E-state index in [4.69, 9.17) is 11.6 Å². The number of rotatable bonds is 5. The van der Waals surface area contributed by atoms with Crippen molar-refractivity contribution >= 4 is 47.2 Å². The molecule has 5 nitrogen and oxygen atoms in total. The van der Waals surface area contributed by atoms with Crippen molar-refractivity contribution in [1.82, 2.24) is 15.1 Å². The van der Waals surface area contributed by atoms with Crippen LogP contribution < -0.4 is 10.2 Å². The molecule has 1 N–H and O–H groups in total. The van der Waals surface area contributed by atoms with Gasteiger partial charge in [-0.05, 0) is 50.0 Å². The summed E-state index contributed by atoms with van der Waals surface area (Å²) in [5, 5.41) is 4.42.